The molecule has 7 nitrogen and oxygen atoms in total. The Hall–Kier alpha value is -3.72. The number of nitro benzene ring substituents is 1. The fourth-order valence-electron chi connectivity index (χ4n) is 2.64. The quantitative estimate of drug-likeness (QED) is 0.303. The Morgan fingerprint density at radius 3 is 2.39 bits per heavy atom. The van der Waals surface area contributed by atoms with Gasteiger partial charge in [0.15, 0.2) is 0 Å². The average Bonchev–Trinajstić information content (AvgIpc) is 2.75. The first-order valence-corrected chi connectivity index (χ1v) is 10.1. The number of nitro groups is 1. The summed E-state index contributed by atoms with van der Waals surface area (Å²) in [6.07, 6.45) is 0. The first kappa shape index (κ1) is 22.0. The largest absolute Gasteiger partial charge is 0.323 e. The van der Waals surface area contributed by atoms with Crippen molar-refractivity contribution in [3.8, 4) is 0 Å². The highest BCUT2D eigenvalue weighted by molar-refractivity contribution is 8.00. The lowest BCUT2D eigenvalue weighted by Crippen LogP contribution is -2.22. The van der Waals surface area contributed by atoms with Crippen LogP contribution in [-0.4, -0.2) is 22.0 Å². The maximum Gasteiger partial charge on any atom is 0.269 e. The zero-order valence-electron chi connectivity index (χ0n) is 16.4. The van der Waals surface area contributed by atoms with Crippen molar-refractivity contribution in [1.82, 2.24) is 0 Å². The topological polar surface area (TPSA) is 101 Å². The van der Waals surface area contributed by atoms with Gasteiger partial charge in [0.25, 0.3) is 11.6 Å². The minimum absolute atomic E-state index is 0.0994. The predicted molar refractivity (Wildman–Crippen MR) is 118 cm³/mol. The van der Waals surface area contributed by atoms with Gasteiger partial charge in [0.2, 0.25) is 5.91 Å². The summed E-state index contributed by atoms with van der Waals surface area (Å²) < 4.78 is 13.7. The summed E-state index contributed by atoms with van der Waals surface area (Å²) in [5, 5.41) is 15.5. The van der Waals surface area contributed by atoms with Gasteiger partial charge >= 0.3 is 0 Å². The number of carbonyl (C=O) groups is 2. The zero-order valence-corrected chi connectivity index (χ0v) is 17.2. The van der Waals surface area contributed by atoms with Gasteiger partial charge in [-0.25, -0.2) is 4.39 Å². The van der Waals surface area contributed by atoms with Gasteiger partial charge in [-0.15, -0.1) is 11.8 Å². The van der Waals surface area contributed by atoms with Crippen LogP contribution < -0.4 is 10.6 Å². The van der Waals surface area contributed by atoms with Crippen LogP contribution in [0.1, 0.15) is 17.3 Å². The van der Waals surface area contributed by atoms with Crippen molar-refractivity contribution in [1.29, 1.82) is 0 Å². The van der Waals surface area contributed by atoms with Gasteiger partial charge in [0.05, 0.1) is 15.9 Å². The third-order valence-corrected chi connectivity index (χ3v) is 5.34. The standard InChI is InChI=1S/C22H18FN3O4S/c1-14(21(27)25-20-8-3-2-7-19(20)23)31-18-6-4-5-16(13-18)24-22(28)15-9-11-17(12-10-15)26(29)30/h2-14H,1H3,(H,24,28)(H,25,27). The molecule has 3 rings (SSSR count). The van der Waals surface area contributed by atoms with Gasteiger partial charge in [-0.05, 0) is 49.4 Å². The minimum atomic E-state index is -0.536. The highest BCUT2D eigenvalue weighted by Crippen LogP contribution is 2.27. The van der Waals surface area contributed by atoms with Crippen molar-refractivity contribution in [2.75, 3.05) is 10.6 Å². The third-order valence-electron chi connectivity index (χ3n) is 4.25. The summed E-state index contributed by atoms with van der Waals surface area (Å²) in [5.41, 5.74) is 0.804. The molecule has 0 spiro atoms. The lowest BCUT2D eigenvalue weighted by Gasteiger charge is -2.13. The van der Waals surface area contributed by atoms with E-state index in [-0.39, 0.29) is 22.8 Å². The second-order valence-electron chi connectivity index (χ2n) is 6.52. The van der Waals surface area contributed by atoms with Crippen molar-refractivity contribution in [2.24, 2.45) is 0 Å². The van der Waals surface area contributed by atoms with Crippen LogP contribution in [0.4, 0.5) is 21.5 Å². The molecule has 0 radical (unpaired) electrons. The molecule has 1 unspecified atom stereocenters. The molecule has 0 aliphatic heterocycles. The van der Waals surface area contributed by atoms with Crippen molar-refractivity contribution in [3.63, 3.8) is 0 Å². The van der Waals surface area contributed by atoms with Crippen LogP contribution in [0.25, 0.3) is 0 Å². The van der Waals surface area contributed by atoms with E-state index in [1.807, 2.05) is 0 Å². The maximum absolute atomic E-state index is 13.7. The van der Waals surface area contributed by atoms with Crippen molar-refractivity contribution < 1.29 is 18.9 Å². The van der Waals surface area contributed by atoms with E-state index in [0.29, 0.717) is 5.69 Å². The number of thioether (sulfide) groups is 1. The van der Waals surface area contributed by atoms with Crippen LogP contribution in [0, 0.1) is 15.9 Å². The molecule has 1 atom stereocenters. The van der Waals surface area contributed by atoms with E-state index >= 15 is 0 Å². The first-order chi connectivity index (χ1) is 14.8. The van der Waals surface area contributed by atoms with Crippen LogP contribution in [-0.2, 0) is 4.79 Å². The highest BCUT2D eigenvalue weighted by atomic mass is 32.2. The number of carbonyl (C=O) groups excluding carboxylic acids is 2. The molecule has 0 saturated heterocycles. The summed E-state index contributed by atoms with van der Waals surface area (Å²) in [7, 11) is 0. The molecule has 0 saturated carbocycles. The minimum Gasteiger partial charge on any atom is -0.323 e. The SMILES string of the molecule is CC(Sc1cccc(NC(=O)c2ccc([N+](=O)[O-])cc2)c1)C(=O)Nc1ccccc1F. The molecule has 0 fully saturated rings. The van der Waals surface area contributed by atoms with Crippen molar-refractivity contribution in [3.05, 3.63) is 94.3 Å². The van der Waals surface area contributed by atoms with Crippen LogP contribution in [0.2, 0.25) is 0 Å². The van der Waals surface area contributed by atoms with E-state index in [2.05, 4.69) is 10.6 Å². The van der Waals surface area contributed by atoms with Gasteiger partial charge in [0, 0.05) is 28.3 Å². The molecule has 3 aromatic carbocycles. The number of rotatable bonds is 7. The van der Waals surface area contributed by atoms with E-state index in [1.165, 1.54) is 48.2 Å². The Morgan fingerprint density at radius 1 is 1.00 bits per heavy atom. The molecule has 9 heteroatoms. The Labute approximate surface area is 181 Å². The Kier molecular flexibility index (Phi) is 6.99. The Balaban J connectivity index is 1.63. The van der Waals surface area contributed by atoms with E-state index in [0.717, 1.165) is 4.90 Å². The summed E-state index contributed by atoms with van der Waals surface area (Å²) in [4.78, 5) is 35.7. The number of amides is 2. The van der Waals surface area contributed by atoms with E-state index in [9.17, 15) is 24.1 Å². The molecule has 2 amide bonds. The molecule has 0 bridgehead atoms. The number of benzene rings is 3. The molecule has 0 aliphatic rings. The molecule has 0 heterocycles. The molecule has 0 aliphatic carbocycles. The number of para-hydroxylation sites is 1. The van der Waals surface area contributed by atoms with E-state index in [4.69, 9.17) is 0 Å². The summed E-state index contributed by atoms with van der Waals surface area (Å²) in [6, 6.07) is 18.1. The molecular weight excluding hydrogens is 421 g/mol. The third kappa shape index (κ3) is 5.89. The lowest BCUT2D eigenvalue weighted by molar-refractivity contribution is -0.384. The number of halogens is 1. The fourth-order valence-corrected chi connectivity index (χ4v) is 3.57. The molecule has 31 heavy (non-hydrogen) atoms. The Bertz CT molecular complexity index is 1120. The summed E-state index contributed by atoms with van der Waals surface area (Å²) >= 11 is 1.26. The van der Waals surface area contributed by atoms with Crippen molar-refractivity contribution in [2.45, 2.75) is 17.1 Å². The second kappa shape index (κ2) is 9.86. The lowest BCUT2D eigenvalue weighted by atomic mass is 10.2. The van der Waals surface area contributed by atoms with Crippen LogP contribution >= 0.6 is 11.8 Å². The van der Waals surface area contributed by atoms with Gasteiger partial charge < -0.3 is 10.6 Å². The van der Waals surface area contributed by atoms with Gasteiger partial charge in [-0.2, -0.15) is 0 Å². The Morgan fingerprint density at radius 2 is 1.71 bits per heavy atom. The van der Waals surface area contributed by atoms with Gasteiger partial charge in [0.1, 0.15) is 5.82 Å². The predicted octanol–water partition coefficient (Wildman–Crippen LogP) is 5.11. The van der Waals surface area contributed by atoms with Crippen LogP contribution in [0.3, 0.4) is 0 Å². The van der Waals surface area contributed by atoms with Gasteiger partial charge in [-0.3, -0.25) is 19.7 Å². The van der Waals surface area contributed by atoms with E-state index in [1.54, 1.807) is 43.3 Å². The number of anilines is 2. The smallest absolute Gasteiger partial charge is 0.269 e. The average molecular weight is 439 g/mol. The summed E-state index contributed by atoms with van der Waals surface area (Å²) in [5.74, 6) is -1.28. The van der Waals surface area contributed by atoms with Gasteiger partial charge in [-0.1, -0.05) is 18.2 Å². The number of hydrogen-bond acceptors (Lipinski definition) is 5. The van der Waals surface area contributed by atoms with E-state index < -0.39 is 21.9 Å². The molecular formula is C22H18FN3O4S. The molecule has 2 N–H and O–H groups in total. The molecule has 158 valence electrons. The first-order valence-electron chi connectivity index (χ1n) is 9.21. The van der Waals surface area contributed by atoms with Crippen LogP contribution in [0.5, 0.6) is 0 Å². The normalized spacial score (nSPS) is 11.4. The monoisotopic (exact) mass is 439 g/mol. The highest BCUT2D eigenvalue weighted by Gasteiger charge is 2.17. The molecule has 3 aromatic rings. The number of non-ortho nitro benzene ring substituents is 1. The fraction of sp³-hybridized carbons (Fsp3) is 0.0909. The maximum atomic E-state index is 13.7. The second-order valence-corrected chi connectivity index (χ2v) is 7.93. The van der Waals surface area contributed by atoms with Crippen molar-refractivity contribution >= 4 is 40.6 Å². The van der Waals surface area contributed by atoms with Crippen LogP contribution in [0.15, 0.2) is 77.7 Å². The summed E-state index contributed by atoms with van der Waals surface area (Å²) in [6.45, 7) is 1.70. The zero-order chi connectivity index (χ0) is 22.4. The molecule has 0 aromatic heterocycles. The number of nitrogens with zero attached hydrogens (tertiary/aromatic N) is 1. The number of nitrogens with one attached hydrogen (secondary N) is 2. The number of hydrogen-bond donors (Lipinski definition) is 2.